The van der Waals surface area contributed by atoms with Crippen molar-refractivity contribution in [2.45, 2.75) is 47.3 Å². The van der Waals surface area contributed by atoms with Gasteiger partial charge in [-0.15, -0.1) is 0 Å². The van der Waals surface area contributed by atoms with Crippen LogP contribution >= 0.6 is 0 Å². The van der Waals surface area contributed by atoms with Crippen molar-refractivity contribution < 1.29 is 5.11 Å². The van der Waals surface area contributed by atoms with Crippen LogP contribution in [0.1, 0.15) is 34.6 Å². The fourth-order valence-electron chi connectivity index (χ4n) is 1.80. The maximum atomic E-state index is 10.4. The van der Waals surface area contributed by atoms with Crippen LogP contribution in [0.3, 0.4) is 0 Å². The molecule has 2 unspecified atom stereocenters. The number of hydrogen-bond donors (Lipinski definition) is 1. The van der Waals surface area contributed by atoms with Crippen molar-refractivity contribution in [3.8, 4) is 0 Å². The highest BCUT2D eigenvalue weighted by molar-refractivity contribution is 4.84. The number of aliphatic hydroxyl groups excluding tert-OH is 1. The van der Waals surface area contributed by atoms with Gasteiger partial charge < -0.3 is 5.11 Å². The van der Waals surface area contributed by atoms with Crippen LogP contribution in [0.5, 0.6) is 0 Å². The molecule has 1 rings (SSSR count). The predicted molar refractivity (Wildman–Crippen MR) is 63.8 cm³/mol. The fourth-order valence-corrected chi connectivity index (χ4v) is 1.80. The SMILES string of the molecule is CC(Cn1cncn1)C(O)C(C)(C)C(C)C. The van der Waals surface area contributed by atoms with Gasteiger partial charge in [0.25, 0.3) is 0 Å². The Bertz CT molecular complexity index is 306. The molecule has 1 heterocycles. The highest BCUT2D eigenvalue weighted by atomic mass is 16.3. The van der Waals surface area contributed by atoms with E-state index in [4.69, 9.17) is 0 Å². The number of hydrogen-bond acceptors (Lipinski definition) is 3. The van der Waals surface area contributed by atoms with Crippen molar-refractivity contribution in [1.82, 2.24) is 14.8 Å². The van der Waals surface area contributed by atoms with Crippen molar-refractivity contribution in [3.63, 3.8) is 0 Å². The van der Waals surface area contributed by atoms with E-state index in [9.17, 15) is 5.11 Å². The second-order valence-electron chi connectivity index (χ2n) is 5.52. The lowest BCUT2D eigenvalue weighted by Gasteiger charge is -2.37. The lowest BCUT2D eigenvalue weighted by Crippen LogP contribution is -2.40. The molecule has 0 fully saturated rings. The van der Waals surface area contributed by atoms with Crippen molar-refractivity contribution in [2.24, 2.45) is 17.3 Å². The molecule has 0 bridgehead atoms. The first-order chi connectivity index (χ1) is 7.35. The van der Waals surface area contributed by atoms with Crippen LogP contribution in [0.2, 0.25) is 0 Å². The lowest BCUT2D eigenvalue weighted by molar-refractivity contribution is -0.0256. The van der Waals surface area contributed by atoms with Crippen LogP contribution in [-0.2, 0) is 6.54 Å². The lowest BCUT2D eigenvalue weighted by atomic mass is 9.72. The molecule has 0 radical (unpaired) electrons. The molecule has 1 aromatic rings. The Labute approximate surface area is 97.7 Å². The first-order valence-electron chi connectivity index (χ1n) is 5.86. The molecule has 16 heavy (non-hydrogen) atoms. The first-order valence-corrected chi connectivity index (χ1v) is 5.86. The number of aliphatic hydroxyl groups is 1. The van der Waals surface area contributed by atoms with Crippen LogP contribution in [0.15, 0.2) is 12.7 Å². The zero-order valence-electron chi connectivity index (χ0n) is 10.9. The minimum absolute atomic E-state index is 0.0833. The Morgan fingerprint density at radius 3 is 2.38 bits per heavy atom. The van der Waals surface area contributed by atoms with Crippen LogP contribution < -0.4 is 0 Å². The standard InChI is InChI=1S/C12H23N3O/c1-9(2)12(4,5)11(16)10(3)6-15-8-13-7-14-15/h7-11,16H,6H2,1-5H3. The smallest absolute Gasteiger partial charge is 0.137 e. The van der Waals surface area contributed by atoms with Gasteiger partial charge in [0.05, 0.1) is 6.10 Å². The first kappa shape index (κ1) is 13.2. The van der Waals surface area contributed by atoms with Gasteiger partial charge in [0.1, 0.15) is 12.7 Å². The summed E-state index contributed by atoms with van der Waals surface area (Å²) in [7, 11) is 0. The monoisotopic (exact) mass is 225 g/mol. The van der Waals surface area contributed by atoms with E-state index in [1.54, 1.807) is 11.0 Å². The van der Waals surface area contributed by atoms with E-state index in [-0.39, 0.29) is 17.4 Å². The third-order valence-corrected chi connectivity index (χ3v) is 3.73. The molecule has 1 N–H and O–H groups in total. The highest BCUT2D eigenvalue weighted by Gasteiger charge is 2.34. The minimum Gasteiger partial charge on any atom is -0.392 e. The molecule has 4 heteroatoms. The molecule has 2 atom stereocenters. The van der Waals surface area contributed by atoms with E-state index in [1.165, 1.54) is 6.33 Å². The Balaban J connectivity index is 2.63. The molecule has 0 saturated carbocycles. The Morgan fingerprint density at radius 1 is 1.31 bits per heavy atom. The number of rotatable bonds is 5. The molecule has 0 aliphatic heterocycles. The van der Waals surface area contributed by atoms with Crippen LogP contribution in [0.25, 0.3) is 0 Å². The van der Waals surface area contributed by atoms with Gasteiger partial charge in [0.15, 0.2) is 0 Å². The van der Waals surface area contributed by atoms with Gasteiger partial charge in [0.2, 0.25) is 0 Å². The molecule has 0 aliphatic rings. The predicted octanol–water partition coefficient (Wildman–Crippen LogP) is 1.96. The second kappa shape index (κ2) is 4.95. The zero-order valence-corrected chi connectivity index (χ0v) is 10.9. The largest absolute Gasteiger partial charge is 0.392 e. The van der Waals surface area contributed by atoms with Crippen LogP contribution in [0.4, 0.5) is 0 Å². The van der Waals surface area contributed by atoms with Gasteiger partial charge >= 0.3 is 0 Å². The Kier molecular flexibility index (Phi) is 4.08. The van der Waals surface area contributed by atoms with Crippen molar-refractivity contribution >= 4 is 0 Å². The summed E-state index contributed by atoms with van der Waals surface area (Å²) in [5, 5.41) is 14.4. The molecule has 0 aromatic carbocycles. The van der Waals surface area contributed by atoms with Gasteiger partial charge in [0, 0.05) is 12.5 Å². The number of nitrogens with zero attached hydrogens (tertiary/aromatic N) is 3. The highest BCUT2D eigenvalue weighted by Crippen LogP contribution is 2.34. The molecular formula is C12H23N3O. The van der Waals surface area contributed by atoms with E-state index < -0.39 is 0 Å². The van der Waals surface area contributed by atoms with E-state index in [1.807, 2.05) is 0 Å². The Hall–Kier alpha value is -0.900. The van der Waals surface area contributed by atoms with Gasteiger partial charge in [-0.05, 0) is 11.3 Å². The summed E-state index contributed by atoms with van der Waals surface area (Å²) >= 11 is 0. The van der Waals surface area contributed by atoms with Crippen molar-refractivity contribution in [3.05, 3.63) is 12.7 Å². The van der Waals surface area contributed by atoms with Gasteiger partial charge in [-0.3, -0.25) is 4.68 Å². The average Bonchev–Trinajstić information content (AvgIpc) is 2.68. The third kappa shape index (κ3) is 2.82. The minimum atomic E-state index is -0.336. The summed E-state index contributed by atoms with van der Waals surface area (Å²) in [5.41, 5.74) is -0.0833. The molecule has 0 aliphatic carbocycles. The molecular weight excluding hydrogens is 202 g/mol. The fraction of sp³-hybridized carbons (Fsp3) is 0.833. The Morgan fingerprint density at radius 2 is 1.94 bits per heavy atom. The van der Waals surface area contributed by atoms with E-state index in [0.717, 1.165) is 0 Å². The second-order valence-corrected chi connectivity index (χ2v) is 5.52. The molecule has 0 amide bonds. The van der Waals surface area contributed by atoms with E-state index >= 15 is 0 Å². The maximum Gasteiger partial charge on any atom is 0.137 e. The van der Waals surface area contributed by atoms with Crippen LogP contribution in [-0.4, -0.2) is 26.0 Å². The maximum absolute atomic E-state index is 10.4. The summed E-state index contributed by atoms with van der Waals surface area (Å²) in [6.07, 6.45) is 2.87. The van der Waals surface area contributed by atoms with Gasteiger partial charge in [-0.25, -0.2) is 4.98 Å². The molecule has 92 valence electrons. The molecule has 1 aromatic heterocycles. The van der Waals surface area contributed by atoms with Crippen molar-refractivity contribution in [1.29, 1.82) is 0 Å². The van der Waals surface area contributed by atoms with Crippen LogP contribution in [0, 0.1) is 17.3 Å². The van der Waals surface area contributed by atoms with E-state index in [2.05, 4.69) is 44.7 Å². The topological polar surface area (TPSA) is 50.9 Å². The summed E-state index contributed by atoms with van der Waals surface area (Å²) in [5.74, 6) is 0.611. The summed E-state index contributed by atoms with van der Waals surface area (Å²) < 4.78 is 1.77. The van der Waals surface area contributed by atoms with Gasteiger partial charge in [-0.2, -0.15) is 5.10 Å². The molecule has 0 saturated heterocycles. The molecule has 4 nitrogen and oxygen atoms in total. The average molecular weight is 225 g/mol. The summed E-state index contributed by atoms with van der Waals surface area (Å²) in [6, 6.07) is 0. The van der Waals surface area contributed by atoms with E-state index in [0.29, 0.717) is 12.5 Å². The zero-order chi connectivity index (χ0) is 12.3. The summed E-state index contributed by atoms with van der Waals surface area (Å²) in [4.78, 5) is 3.90. The van der Waals surface area contributed by atoms with Crippen molar-refractivity contribution in [2.75, 3.05) is 0 Å². The van der Waals surface area contributed by atoms with Gasteiger partial charge in [-0.1, -0.05) is 34.6 Å². The quantitative estimate of drug-likeness (QED) is 0.833. The normalized spacial score (nSPS) is 16.4. The number of aromatic nitrogens is 3. The summed E-state index contributed by atoms with van der Waals surface area (Å²) in [6.45, 7) is 11.3. The third-order valence-electron chi connectivity index (χ3n) is 3.73. The molecule has 0 spiro atoms.